The molecule has 2 aromatic heterocycles. The van der Waals surface area contributed by atoms with Gasteiger partial charge >= 0.3 is 0 Å². The molecule has 0 bridgehead atoms. The normalized spacial score (nSPS) is 12.0. The minimum absolute atomic E-state index is 0.0379. The fraction of sp³-hybridized carbons (Fsp3) is 0.500. The molecule has 0 saturated carbocycles. The second kappa shape index (κ2) is 5.96. The predicted molar refractivity (Wildman–Crippen MR) is 78.1 cm³/mol. The summed E-state index contributed by atoms with van der Waals surface area (Å²) < 4.78 is 29.0. The third kappa shape index (κ3) is 3.14. The van der Waals surface area contributed by atoms with E-state index in [1.54, 1.807) is 24.9 Å². The smallest absolute Gasteiger partial charge is 0.260 e. The van der Waals surface area contributed by atoms with Crippen LogP contribution in [-0.2, 0) is 30.2 Å². The third-order valence-corrected chi connectivity index (χ3v) is 4.80. The molecule has 2 aromatic rings. The van der Waals surface area contributed by atoms with Crippen LogP contribution in [0.2, 0.25) is 0 Å². The lowest BCUT2D eigenvalue weighted by Crippen LogP contribution is -2.25. The Labute approximate surface area is 124 Å². The van der Waals surface area contributed by atoms with Crippen LogP contribution in [0.15, 0.2) is 11.2 Å². The quantitative estimate of drug-likeness (QED) is 0.694. The van der Waals surface area contributed by atoms with Crippen LogP contribution in [0.25, 0.3) is 0 Å². The number of nitrogens with one attached hydrogen (secondary N) is 3. The second-order valence-electron chi connectivity index (χ2n) is 4.87. The number of aromatic amines is 1. The van der Waals surface area contributed by atoms with E-state index in [0.717, 1.165) is 17.0 Å². The molecule has 2 heterocycles. The molecule has 0 spiro atoms. The van der Waals surface area contributed by atoms with Gasteiger partial charge in [-0.2, -0.15) is 10.2 Å². The molecule has 116 valence electrons. The Balaban J connectivity index is 2.21. The summed E-state index contributed by atoms with van der Waals surface area (Å²) >= 11 is 0. The second-order valence-corrected chi connectivity index (χ2v) is 6.55. The molecule has 0 unspecified atom stereocenters. The molecule has 9 heteroatoms. The van der Waals surface area contributed by atoms with E-state index in [-0.39, 0.29) is 11.6 Å². The number of aryl methyl sites for hydroxylation is 2. The average Bonchev–Trinajstić information content (AvgIpc) is 2.94. The van der Waals surface area contributed by atoms with Crippen molar-refractivity contribution in [2.24, 2.45) is 7.05 Å². The van der Waals surface area contributed by atoms with E-state index in [4.69, 9.17) is 0 Å². The van der Waals surface area contributed by atoms with E-state index in [9.17, 15) is 8.42 Å². The van der Waals surface area contributed by atoms with Gasteiger partial charge in [-0.1, -0.05) is 0 Å². The highest BCUT2D eigenvalue weighted by Crippen LogP contribution is 2.16. The van der Waals surface area contributed by atoms with Gasteiger partial charge in [-0.15, -0.1) is 0 Å². The van der Waals surface area contributed by atoms with Crippen molar-refractivity contribution >= 4 is 10.0 Å². The third-order valence-electron chi connectivity index (χ3n) is 3.43. The zero-order chi connectivity index (χ0) is 15.6. The molecule has 0 saturated heterocycles. The molecule has 2 rings (SSSR count). The van der Waals surface area contributed by atoms with Gasteiger partial charge in [0, 0.05) is 42.7 Å². The summed E-state index contributed by atoms with van der Waals surface area (Å²) in [6, 6.07) is 0. The van der Waals surface area contributed by atoms with Gasteiger partial charge in [0.15, 0.2) is 5.03 Å². The van der Waals surface area contributed by atoms with Crippen molar-refractivity contribution in [3.8, 4) is 0 Å². The standard InChI is InChI=1S/C12H20N6O2S/c1-8-11(7-13-3)12(17-16-8)21(19,20)15-6-10-5-14-18(4)9(10)2/h5,13,15H,6-7H2,1-4H3,(H,16,17). The Morgan fingerprint density at radius 1 is 1.33 bits per heavy atom. The van der Waals surface area contributed by atoms with Crippen LogP contribution < -0.4 is 10.0 Å². The maximum absolute atomic E-state index is 12.4. The number of hydrogen-bond donors (Lipinski definition) is 3. The SMILES string of the molecule is CNCc1c(S(=O)(=O)NCc2cnn(C)c2C)n[nH]c1C. The maximum atomic E-state index is 12.4. The van der Waals surface area contributed by atoms with Crippen LogP contribution >= 0.6 is 0 Å². The Hall–Kier alpha value is -1.71. The minimum atomic E-state index is -3.67. The highest BCUT2D eigenvalue weighted by Gasteiger charge is 2.23. The van der Waals surface area contributed by atoms with Crippen LogP contribution in [0, 0.1) is 13.8 Å². The molecule has 0 aliphatic rings. The van der Waals surface area contributed by atoms with Crippen molar-refractivity contribution in [2.45, 2.75) is 32.0 Å². The van der Waals surface area contributed by atoms with Crippen molar-refractivity contribution < 1.29 is 8.42 Å². The van der Waals surface area contributed by atoms with Crippen LogP contribution in [0.4, 0.5) is 0 Å². The number of H-pyrrole nitrogens is 1. The Bertz CT molecular complexity index is 731. The summed E-state index contributed by atoms with van der Waals surface area (Å²) in [6.07, 6.45) is 1.65. The van der Waals surface area contributed by atoms with Gasteiger partial charge in [0.1, 0.15) is 0 Å². The fourth-order valence-electron chi connectivity index (χ4n) is 2.00. The van der Waals surface area contributed by atoms with Gasteiger partial charge in [0.2, 0.25) is 0 Å². The molecule has 8 nitrogen and oxygen atoms in total. The zero-order valence-corrected chi connectivity index (χ0v) is 13.4. The lowest BCUT2D eigenvalue weighted by Gasteiger charge is -2.07. The van der Waals surface area contributed by atoms with Crippen molar-refractivity contribution in [1.82, 2.24) is 30.0 Å². The molecule has 0 aliphatic carbocycles. The van der Waals surface area contributed by atoms with E-state index in [1.807, 2.05) is 14.0 Å². The van der Waals surface area contributed by atoms with Gasteiger partial charge in [0.25, 0.3) is 10.0 Å². The van der Waals surface area contributed by atoms with E-state index in [0.29, 0.717) is 12.1 Å². The van der Waals surface area contributed by atoms with E-state index in [1.165, 1.54) is 0 Å². The molecule has 3 N–H and O–H groups in total. The van der Waals surface area contributed by atoms with Crippen molar-refractivity contribution in [3.05, 3.63) is 28.7 Å². The zero-order valence-electron chi connectivity index (χ0n) is 12.6. The Kier molecular flexibility index (Phi) is 4.45. The largest absolute Gasteiger partial charge is 0.316 e. The Morgan fingerprint density at radius 3 is 2.62 bits per heavy atom. The average molecular weight is 312 g/mol. The molecule has 0 radical (unpaired) electrons. The summed E-state index contributed by atoms with van der Waals surface area (Å²) in [6.45, 7) is 4.31. The van der Waals surface area contributed by atoms with Gasteiger partial charge in [0.05, 0.1) is 6.20 Å². The monoisotopic (exact) mass is 312 g/mol. The first kappa shape index (κ1) is 15.7. The molecule has 0 fully saturated rings. The lowest BCUT2D eigenvalue weighted by atomic mass is 10.3. The topological polar surface area (TPSA) is 105 Å². The van der Waals surface area contributed by atoms with Crippen molar-refractivity contribution in [3.63, 3.8) is 0 Å². The first-order chi connectivity index (χ1) is 9.86. The minimum Gasteiger partial charge on any atom is -0.316 e. The van der Waals surface area contributed by atoms with E-state index in [2.05, 4.69) is 25.3 Å². The highest BCUT2D eigenvalue weighted by molar-refractivity contribution is 7.89. The van der Waals surface area contributed by atoms with Gasteiger partial charge in [-0.05, 0) is 20.9 Å². The van der Waals surface area contributed by atoms with Crippen LogP contribution in [0.1, 0.15) is 22.5 Å². The lowest BCUT2D eigenvalue weighted by molar-refractivity contribution is 0.574. The molecular weight excluding hydrogens is 292 g/mol. The molecule has 21 heavy (non-hydrogen) atoms. The number of aromatic nitrogens is 4. The van der Waals surface area contributed by atoms with Gasteiger partial charge in [-0.25, -0.2) is 13.1 Å². The fourth-order valence-corrected chi connectivity index (χ4v) is 3.19. The van der Waals surface area contributed by atoms with Crippen LogP contribution in [0.5, 0.6) is 0 Å². The summed E-state index contributed by atoms with van der Waals surface area (Å²) in [7, 11) is -0.0933. The molecule has 0 aliphatic heterocycles. The summed E-state index contributed by atoms with van der Waals surface area (Å²) in [4.78, 5) is 0. The molecule has 0 amide bonds. The maximum Gasteiger partial charge on any atom is 0.260 e. The van der Waals surface area contributed by atoms with E-state index >= 15 is 0 Å². The number of nitrogens with zero attached hydrogens (tertiary/aromatic N) is 3. The van der Waals surface area contributed by atoms with Crippen molar-refractivity contribution in [2.75, 3.05) is 7.05 Å². The van der Waals surface area contributed by atoms with Crippen LogP contribution in [0.3, 0.4) is 0 Å². The summed E-state index contributed by atoms with van der Waals surface area (Å²) in [5.74, 6) is 0. The summed E-state index contributed by atoms with van der Waals surface area (Å²) in [5.41, 5.74) is 3.14. The number of hydrogen-bond acceptors (Lipinski definition) is 5. The molecule has 0 atom stereocenters. The van der Waals surface area contributed by atoms with Gasteiger partial charge < -0.3 is 5.32 Å². The number of sulfonamides is 1. The van der Waals surface area contributed by atoms with Crippen LogP contribution in [-0.4, -0.2) is 35.4 Å². The highest BCUT2D eigenvalue weighted by atomic mass is 32.2. The first-order valence-corrected chi connectivity index (χ1v) is 8.00. The summed E-state index contributed by atoms with van der Waals surface area (Å²) in [5, 5.41) is 13.7. The van der Waals surface area contributed by atoms with Gasteiger partial charge in [-0.3, -0.25) is 9.78 Å². The Morgan fingerprint density at radius 2 is 2.05 bits per heavy atom. The first-order valence-electron chi connectivity index (χ1n) is 6.52. The number of rotatable bonds is 6. The van der Waals surface area contributed by atoms with Crippen molar-refractivity contribution in [1.29, 1.82) is 0 Å². The molecule has 0 aromatic carbocycles. The predicted octanol–water partition coefficient (Wildman–Crippen LogP) is -0.0421. The van der Waals surface area contributed by atoms with E-state index < -0.39 is 10.0 Å². The molecular formula is C12H20N6O2S.